The normalized spacial score (nSPS) is 12.4. The molecule has 0 saturated carbocycles. The molecule has 0 bridgehead atoms. The van der Waals surface area contributed by atoms with E-state index in [2.05, 4.69) is 0 Å². The van der Waals surface area contributed by atoms with Crippen molar-refractivity contribution in [2.45, 2.75) is 13.0 Å². The molecule has 3 rings (SSSR count). The van der Waals surface area contributed by atoms with Gasteiger partial charge in [0.25, 0.3) is 0 Å². The van der Waals surface area contributed by atoms with Crippen LogP contribution in [0.3, 0.4) is 0 Å². The number of carbonyl (C=O) groups is 1. The Morgan fingerprint density at radius 2 is 1.90 bits per heavy atom. The van der Waals surface area contributed by atoms with E-state index in [0.29, 0.717) is 15.8 Å². The van der Waals surface area contributed by atoms with Crippen LogP contribution in [0.25, 0.3) is 21.9 Å². The van der Waals surface area contributed by atoms with Crippen LogP contribution in [0.1, 0.15) is 6.92 Å². The second kappa shape index (κ2) is 5.18. The maximum Gasteiger partial charge on any atom is 0.344 e. The van der Waals surface area contributed by atoms with Gasteiger partial charge in [0.15, 0.2) is 6.10 Å². The van der Waals surface area contributed by atoms with Crippen molar-refractivity contribution in [1.29, 1.82) is 0 Å². The molecule has 1 heterocycles. The molecule has 106 valence electrons. The predicted octanol–water partition coefficient (Wildman–Crippen LogP) is 4.17. The molecule has 2 aromatic carbocycles. The lowest BCUT2D eigenvalue weighted by atomic mass is 10.1. The van der Waals surface area contributed by atoms with E-state index >= 15 is 0 Å². The first-order chi connectivity index (χ1) is 10.1. The van der Waals surface area contributed by atoms with Gasteiger partial charge in [0, 0.05) is 10.8 Å². The highest BCUT2D eigenvalue weighted by atomic mass is 32.1. The van der Waals surface area contributed by atoms with E-state index in [1.807, 2.05) is 24.3 Å². The van der Waals surface area contributed by atoms with Gasteiger partial charge in [0.05, 0.1) is 4.51 Å². The lowest BCUT2D eigenvalue weighted by Gasteiger charge is -2.11. The van der Waals surface area contributed by atoms with Crippen molar-refractivity contribution in [1.82, 2.24) is 0 Å². The molecule has 0 aliphatic heterocycles. The fourth-order valence-electron chi connectivity index (χ4n) is 2.11. The molecule has 0 aliphatic rings. The van der Waals surface area contributed by atoms with Crippen molar-refractivity contribution in [2.75, 3.05) is 0 Å². The van der Waals surface area contributed by atoms with Crippen LogP contribution in [0.5, 0.6) is 5.75 Å². The zero-order chi connectivity index (χ0) is 15.0. The number of hydrogen-bond acceptors (Lipinski definition) is 4. The zero-order valence-electron chi connectivity index (χ0n) is 11.2. The molecule has 0 amide bonds. The number of carboxylic acids is 1. The molecule has 21 heavy (non-hydrogen) atoms. The molecule has 0 saturated heterocycles. The maximum atomic E-state index is 10.8. The minimum atomic E-state index is -1.02. The Morgan fingerprint density at radius 1 is 1.19 bits per heavy atom. The van der Waals surface area contributed by atoms with Gasteiger partial charge in [0.1, 0.15) is 16.9 Å². The first-order valence-corrected chi connectivity index (χ1v) is 6.82. The monoisotopic (exact) mass is 300 g/mol. The third-order valence-corrected chi connectivity index (χ3v) is 3.65. The Hall–Kier alpha value is -2.40. The van der Waals surface area contributed by atoms with Crippen LogP contribution in [0.2, 0.25) is 0 Å². The summed E-state index contributed by atoms with van der Waals surface area (Å²) in [5, 5.41) is 10.5. The third kappa shape index (κ3) is 2.48. The first-order valence-electron chi connectivity index (χ1n) is 6.41. The Bertz CT molecular complexity index is 898. The summed E-state index contributed by atoms with van der Waals surface area (Å²) in [7, 11) is 0. The molecule has 0 aliphatic carbocycles. The van der Waals surface area contributed by atoms with Crippen LogP contribution in [-0.4, -0.2) is 17.2 Å². The Kier molecular flexibility index (Phi) is 3.35. The van der Waals surface area contributed by atoms with Crippen LogP contribution in [0.15, 0.2) is 46.9 Å². The summed E-state index contributed by atoms with van der Waals surface area (Å²) in [6, 6.07) is 12.7. The topological polar surface area (TPSA) is 59.7 Å². The van der Waals surface area contributed by atoms with Crippen LogP contribution >= 0.6 is 12.2 Å². The fourth-order valence-corrected chi connectivity index (χ4v) is 2.44. The van der Waals surface area contributed by atoms with E-state index < -0.39 is 12.1 Å². The highest BCUT2D eigenvalue weighted by molar-refractivity contribution is 7.72. The number of fused-ring (bicyclic) bond motifs is 2. The molecule has 0 radical (unpaired) electrons. The summed E-state index contributed by atoms with van der Waals surface area (Å²) < 4.78 is 11.8. The average Bonchev–Trinajstić information content (AvgIpc) is 2.48. The van der Waals surface area contributed by atoms with Crippen molar-refractivity contribution in [3.63, 3.8) is 0 Å². The summed E-state index contributed by atoms with van der Waals surface area (Å²) in [5.74, 6) is -0.564. The van der Waals surface area contributed by atoms with Crippen molar-refractivity contribution in [3.05, 3.63) is 47.0 Å². The standard InChI is InChI=1S/C16H12O4S/c1-9(16(17)18)19-10-6-7-14-12(8-10)15(21)11-4-2-3-5-13(11)20-14/h2-9H,1H3,(H,17,18). The number of benzene rings is 2. The quantitative estimate of drug-likeness (QED) is 0.581. The number of para-hydroxylation sites is 1. The Labute approximate surface area is 125 Å². The lowest BCUT2D eigenvalue weighted by Crippen LogP contribution is -2.22. The van der Waals surface area contributed by atoms with Crippen molar-refractivity contribution >= 4 is 40.1 Å². The third-order valence-electron chi connectivity index (χ3n) is 3.21. The summed E-state index contributed by atoms with van der Waals surface area (Å²) in [5.41, 5.74) is 1.37. The van der Waals surface area contributed by atoms with E-state index in [1.165, 1.54) is 6.92 Å². The highest BCUT2D eigenvalue weighted by Crippen LogP contribution is 2.28. The van der Waals surface area contributed by atoms with Crippen LogP contribution in [-0.2, 0) is 4.79 Å². The molecule has 0 spiro atoms. The molecule has 1 aromatic heterocycles. The minimum Gasteiger partial charge on any atom is -0.479 e. The van der Waals surface area contributed by atoms with Crippen molar-refractivity contribution in [2.24, 2.45) is 0 Å². The molecule has 1 N–H and O–H groups in total. The average molecular weight is 300 g/mol. The van der Waals surface area contributed by atoms with Gasteiger partial charge in [0.2, 0.25) is 0 Å². The molecule has 1 unspecified atom stereocenters. The smallest absolute Gasteiger partial charge is 0.344 e. The minimum absolute atomic E-state index is 0.453. The number of rotatable bonds is 3. The fraction of sp³-hybridized carbons (Fsp3) is 0.125. The molecule has 4 nitrogen and oxygen atoms in total. The van der Waals surface area contributed by atoms with Crippen molar-refractivity contribution < 1.29 is 19.1 Å². The van der Waals surface area contributed by atoms with Gasteiger partial charge < -0.3 is 14.3 Å². The molecule has 5 heteroatoms. The second-order valence-electron chi connectivity index (χ2n) is 4.68. The van der Waals surface area contributed by atoms with E-state index in [0.717, 1.165) is 16.4 Å². The largest absolute Gasteiger partial charge is 0.479 e. The van der Waals surface area contributed by atoms with Gasteiger partial charge in [-0.3, -0.25) is 0 Å². The maximum absolute atomic E-state index is 10.8. The van der Waals surface area contributed by atoms with Gasteiger partial charge in [-0.1, -0.05) is 24.4 Å². The van der Waals surface area contributed by atoms with Gasteiger partial charge in [-0.05, 0) is 37.3 Å². The van der Waals surface area contributed by atoms with Gasteiger partial charge >= 0.3 is 5.97 Å². The highest BCUT2D eigenvalue weighted by Gasteiger charge is 2.13. The number of ether oxygens (including phenoxy) is 1. The summed E-state index contributed by atoms with van der Waals surface area (Å²) >= 11 is 5.49. The molecule has 0 fully saturated rings. The van der Waals surface area contributed by atoms with Gasteiger partial charge in [-0.15, -0.1) is 0 Å². The summed E-state index contributed by atoms with van der Waals surface area (Å²) in [6.45, 7) is 1.48. The SMILES string of the molecule is CC(Oc1ccc2oc3ccccc3c(=S)c2c1)C(=O)O. The zero-order valence-corrected chi connectivity index (χ0v) is 12.0. The number of carboxylic acid groups (broad SMARTS) is 1. The van der Waals surface area contributed by atoms with Crippen LogP contribution in [0.4, 0.5) is 0 Å². The molecule has 1 atom stereocenters. The molecular formula is C16H12O4S. The summed E-state index contributed by atoms with van der Waals surface area (Å²) in [6.07, 6.45) is -0.923. The van der Waals surface area contributed by atoms with E-state index in [4.69, 9.17) is 26.5 Å². The van der Waals surface area contributed by atoms with Gasteiger partial charge in [-0.25, -0.2) is 4.79 Å². The second-order valence-corrected chi connectivity index (χ2v) is 5.09. The van der Waals surface area contributed by atoms with Gasteiger partial charge in [-0.2, -0.15) is 0 Å². The van der Waals surface area contributed by atoms with Crippen LogP contribution < -0.4 is 4.74 Å². The van der Waals surface area contributed by atoms with E-state index in [1.54, 1.807) is 18.2 Å². The van der Waals surface area contributed by atoms with E-state index in [-0.39, 0.29) is 0 Å². The van der Waals surface area contributed by atoms with Crippen molar-refractivity contribution in [3.8, 4) is 5.75 Å². The summed E-state index contributed by atoms with van der Waals surface area (Å²) in [4.78, 5) is 10.8. The Balaban J connectivity index is 2.17. The molecule has 3 aromatic rings. The lowest BCUT2D eigenvalue weighted by molar-refractivity contribution is -0.144. The first kappa shape index (κ1) is 13.6. The van der Waals surface area contributed by atoms with E-state index in [9.17, 15) is 4.79 Å². The predicted molar refractivity (Wildman–Crippen MR) is 82.3 cm³/mol. The molecular weight excluding hydrogens is 288 g/mol. The van der Waals surface area contributed by atoms with Crippen LogP contribution in [0, 0.1) is 4.51 Å². The number of aliphatic carboxylic acids is 1. The number of hydrogen-bond donors (Lipinski definition) is 1. The Morgan fingerprint density at radius 3 is 2.67 bits per heavy atom.